The minimum absolute atomic E-state index is 0.132. The minimum Gasteiger partial charge on any atom is -0.353 e. The zero-order valence-corrected chi connectivity index (χ0v) is 7.30. The van der Waals surface area contributed by atoms with Crippen molar-refractivity contribution in [2.45, 2.75) is 10.1 Å². The molecule has 62 valence electrons. The molecule has 1 N–H and O–H groups in total. The zero-order chi connectivity index (χ0) is 8.39. The van der Waals surface area contributed by atoms with Gasteiger partial charge < -0.3 is 5.32 Å². The molecular weight excluding hydrogens is 170 g/mol. The first kappa shape index (κ1) is 7.68. The summed E-state index contributed by atoms with van der Waals surface area (Å²) in [5.74, 6) is 0.156. The van der Waals surface area contributed by atoms with Crippen LogP contribution in [0.1, 0.15) is 0 Å². The molecule has 12 heavy (non-hydrogen) atoms. The molecule has 0 aromatic heterocycles. The molecular formula is C9H9NOS. The molecule has 1 aliphatic heterocycles. The maximum absolute atomic E-state index is 10.9. The van der Waals surface area contributed by atoms with Gasteiger partial charge in [0.15, 0.2) is 0 Å². The number of thioether (sulfide) groups is 1. The fourth-order valence-corrected chi connectivity index (χ4v) is 2.03. The number of β-lactam (4-membered cyclic amide) rings is 1. The van der Waals surface area contributed by atoms with Gasteiger partial charge in [0.25, 0.3) is 0 Å². The molecule has 0 bridgehead atoms. The fourth-order valence-electron chi connectivity index (χ4n) is 1.03. The van der Waals surface area contributed by atoms with Gasteiger partial charge in [-0.15, -0.1) is 11.8 Å². The van der Waals surface area contributed by atoms with E-state index in [9.17, 15) is 4.79 Å². The first-order valence-corrected chi connectivity index (χ1v) is 4.73. The highest BCUT2D eigenvalue weighted by atomic mass is 32.2. The fraction of sp³-hybridized carbons (Fsp3) is 0.222. The van der Waals surface area contributed by atoms with Crippen LogP contribution >= 0.6 is 11.8 Å². The topological polar surface area (TPSA) is 29.1 Å². The lowest BCUT2D eigenvalue weighted by Crippen LogP contribution is -2.51. The highest BCUT2D eigenvalue weighted by Gasteiger charge is 2.28. The van der Waals surface area contributed by atoms with Crippen LogP contribution in [0.4, 0.5) is 0 Å². The predicted octanol–water partition coefficient (Wildman–Crippen LogP) is 1.28. The molecule has 0 unspecified atom stereocenters. The molecule has 0 spiro atoms. The first-order chi connectivity index (χ1) is 5.86. The number of benzene rings is 1. The minimum atomic E-state index is 0.132. The van der Waals surface area contributed by atoms with Crippen LogP contribution in [0.25, 0.3) is 0 Å². The highest BCUT2D eigenvalue weighted by molar-refractivity contribution is 8.00. The van der Waals surface area contributed by atoms with Crippen molar-refractivity contribution in [1.82, 2.24) is 5.32 Å². The standard InChI is InChI=1S/C9H9NOS/c11-9-8(6-10-9)12-7-4-2-1-3-5-7/h1-5,8H,6H2,(H,10,11)/t8-/m0/s1. The van der Waals surface area contributed by atoms with E-state index < -0.39 is 0 Å². The summed E-state index contributed by atoms with van der Waals surface area (Å²) in [5.41, 5.74) is 0. The summed E-state index contributed by atoms with van der Waals surface area (Å²) >= 11 is 1.63. The van der Waals surface area contributed by atoms with Gasteiger partial charge in [-0.25, -0.2) is 0 Å². The SMILES string of the molecule is O=C1NC[C@@H]1Sc1ccccc1. The summed E-state index contributed by atoms with van der Waals surface area (Å²) in [4.78, 5) is 12.1. The number of hydrogen-bond donors (Lipinski definition) is 1. The summed E-state index contributed by atoms with van der Waals surface area (Å²) in [6, 6.07) is 10.00. The van der Waals surface area contributed by atoms with E-state index in [1.54, 1.807) is 11.8 Å². The zero-order valence-electron chi connectivity index (χ0n) is 6.49. The molecule has 2 rings (SSSR count). The van der Waals surface area contributed by atoms with Crippen molar-refractivity contribution in [1.29, 1.82) is 0 Å². The van der Waals surface area contributed by atoms with Crippen molar-refractivity contribution < 1.29 is 4.79 Å². The van der Waals surface area contributed by atoms with Crippen LogP contribution in [-0.2, 0) is 4.79 Å². The number of hydrogen-bond acceptors (Lipinski definition) is 2. The Labute approximate surface area is 75.4 Å². The normalized spacial score (nSPS) is 21.3. The Morgan fingerprint density at radius 2 is 2.08 bits per heavy atom. The third-order valence-corrected chi connectivity index (χ3v) is 2.99. The molecule has 2 nitrogen and oxygen atoms in total. The summed E-state index contributed by atoms with van der Waals surface area (Å²) in [6.45, 7) is 0.804. The first-order valence-electron chi connectivity index (χ1n) is 3.86. The second-order valence-electron chi connectivity index (χ2n) is 2.66. The van der Waals surface area contributed by atoms with Crippen LogP contribution in [0, 0.1) is 0 Å². The lowest BCUT2D eigenvalue weighted by Gasteiger charge is -2.24. The average Bonchev–Trinajstić information content (AvgIpc) is 2.14. The maximum atomic E-state index is 10.9. The third-order valence-electron chi connectivity index (χ3n) is 1.78. The molecule has 1 aromatic rings. The van der Waals surface area contributed by atoms with Crippen LogP contribution < -0.4 is 5.32 Å². The van der Waals surface area contributed by atoms with Crippen LogP contribution in [0.15, 0.2) is 35.2 Å². The third kappa shape index (κ3) is 1.46. The number of nitrogens with one attached hydrogen (secondary N) is 1. The second kappa shape index (κ2) is 3.19. The molecule has 1 heterocycles. The van der Waals surface area contributed by atoms with E-state index >= 15 is 0 Å². The summed E-state index contributed by atoms with van der Waals surface area (Å²) in [7, 11) is 0. The van der Waals surface area contributed by atoms with Crippen LogP contribution in [0.5, 0.6) is 0 Å². The van der Waals surface area contributed by atoms with E-state index in [0.717, 1.165) is 11.4 Å². The van der Waals surface area contributed by atoms with Gasteiger partial charge in [-0.05, 0) is 12.1 Å². The Bertz CT molecular complexity index is 286. The molecule has 0 radical (unpaired) electrons. The largest absolute Gasteiger partial charge is 0.353 e. The molecule has 1 atom stereocenters. The lowest BCUT2D eigenvalue weighted by atomic mass is 10.3. The summed E-state index contributed by atoms with van der Waals surface area (Å²) < 4.78 is 0. The van der Waals surface area contributed by atoms with E-state index in [-0.39, 0.29) is 11.2 Å². The van der Waals surface area contributed by atoms with Crippen LogP contribution in [-0.4, -0.2) is 17.7 Å². The Balaban J connectivity index is 2.00. The van der Waals surface area contributed by atoms with E-state index in [0.29, 0.717) is 0 Å². The van der Waals surface area contributed by atoms with Crippen LogP contribution in [0.3, 0.4) is 0 Å². The highest BCUT2D eigenvalue weighted by Crippen LogP contribution is 2.25. The van der Waals surface area contributed by atoms with Crippen molar-refractivity contribution in [2.75, 3.05) is 6.54 Å². The van der Waals surface area contributed by atoms with E-state index in [1.807, 2.05) is 30.3 Å². The van der Waals surface area contributed by atoms with Gasteiger partial charge in [0, 0.05) is 11.4 Å². The van der Waals surface area contributed by atoms with E-state index in [4.69, 9.17) is 0 Å². The average molecular weight is 179 g/mol. The van der Waals surface area contributed by atoms with Crippen molar-refractivity contribution in [3.63, 3.8) is 0 Å². The molecule has 1 aliphatic rings. The van der Waals surface area contributed by atoms with Gasteiger partial charge in [-0.1, -0.05) is 18.2 Å². The number of carbonyl (C=O) groups is 1. The van der Waals surface area contributed by atoms with Crippen LogP contribution in [0.2, 0.25) is 0 Å². The molecule has 0 aliphatic carbocycles. The maximum Gasteiger partial charge on any atom is 0.235 e. The Morgan fingerprint density at radius 1 is 1.33 bits per heavy atom. The van der Waals surface area contributed by atoms with Gasteiger partial charge in [0.05, 0.1) is 0 Å². The van der Waals surface area contributed by atoms with Gasteiger partial charge in [-0.3, -0.25) is 4.79 Å². The van der Waals surface area contributed by atoms with Gasteiger partial charge in [-0.2, -0.15) is 0 Å². The Hall–Kier alpha value is -0.960. The van der Waals surface area contributed by atoms with Crippen molar-refractivity contribution in [2.24, 2.45) is 0 Å². The number of amides is 1. The molecule has 1 saturated heterocycles. The monoisotopic (exact) mass is 179 g/mol. The number of rotatable bonds is 2. The Morgan fingerprint density at radius 3 is 2.58 bits per heavy atom. The Kier molecular flexibility index (Phi) is 2.04. The second-order valence-corrected chi connectivity index (χ2v) is 3.94. The predicted molar refractivity (Wildman–Crippen MR) is 49.1 cm³/mol. The summed E-state index contributed by atoms with van der Waals surface area (Å²) in [5, 5.41) is 2.85. The van der Waals surface area contributed by atoms with Crippen molar-refractivity contribution in [3.8, 4) is 0 Å². The van der Waals surface area contributed by atoms with Crippen molar-refractivity contribution in [3.05, 3.63) is 30.3 Å². The molecule has 1 amide bonds. The smallest absolute Gasteiger partial charge is 0.235 e. The molecule has 1 fully saturated rings. The van der Waals surface area contributed by atoms with Gasteiger partial charge in [0.2, 0.25) is 5.91 Å². The number of carbonyl (C=O) groups excluding carboxylic acids is 1. The molecule has 1 aromatic carbocycles. The van der Waals surface area contributed by atoms with Gasteiger partial charge >= 0.3 is 0 Å². The van der Waals surface area contributed by atoms with E-state index in [1.165, 1.54) is 0 Å². The quantitative estimate of drug-likeness (QED) is 0.693. The van der Waals surface area contributed by atoms with Gasteiger partial charge in [0.1, 0.15) is 5.25 Å². The molecule has 3 heteroatoms. The van der Waals surface area contributed by atoms with E-state index in [2.05, 4.69) is 5.32 Å². The lowest BCUT2D eigenvalue weighted by molar-refractivity contribution is -0.124. The molecule has 0 saturated carbocycles. The summed E-state index contributed by atoms with van der Waals surface area (Å²) in [6.07, 6.45) is 0. The van der Waals surface area contributed by atoms with Crippen molar-refractivity contribution >= 4 is 17.7 Å².